The van der Waals surface area contributed by atoms with Gasteiger partial charge in [-0.05, 0) is 80.6 Å². The van der Waals surface area contributed by atoms with Gasteiger partial charge in [0.25, 0.3) is 5.91 Å². The second-order valence-electron chi connectivity index (χ2n) is 7.76. The maximum Gasteiger partial charge on any atom is 0.336 e. The first kappa shape index (κ1) is 22.8. The molecule has 0 fully saturated rings. The van der Waals surface area contributed by atoms with Gasteiger partial charge in [-0.25, -0.2) is 4.68 Å². The van der Waals surface area contributed by atoms with E-state index in [1.54, 1.807) is 43.2 Å². The van der Waals surface area contributed by atoms with E-state index in [-0.39, 0.29) is 18.0 Å². The summed E-state index contributed by atoms with van der Waals surface area (Å²) in [6, 6.07) is 22.2. The number of anilines is 1. The molecule has 8 nitrogen and oxygen atoms in total. The molecule has 0 aliphatic carbocycles. The molecular formula is C26H26N4O4. The number of ether oxygens (including phenoxy) is 3. The van der Waals surface area contributed by atoms with E-state index >= 15 is 0 Å². The molecule has 4 rings (SSSR count). The van der Waals surface area contributed by atoms with Crippen molar-refractivity contribution in [2.75, 3.05) is 19.5 Å². The Bertz CT molecular complexity index is 1260. The van der Waals surface area contributed by atoms with Gasteiger partial charge in [0.15, 0.2) is 5.82 Å². The molecule has 34 heavy (non-hydrogen) atoms. The van der Waals surface area contributed by atoms with Crippen molar-refractivity contribution in [1.29, 1.82) is 0 Å². The highest BCUT2D eigenvalue weighted by Crippen LogP contribution is 2.26. The SMILES string of the molecule is COc1ccc(-c2nc(OC(C)C)nn2-c2ccc(NC(=O)c3cccc(OC)c3)cc2)cc1. The van der Waals surface area contributed by atoms with Crippen molar-refractivity contribution >= 4 is 11.6 Å². The number of hydrogen-bond acceptors (Lipinski definition) is 6. The summed E-state index contributed by atoms with van der Waals surface area (Å²) in [5, 5.41) is 7.45. The minimum atomic E-state index is -0.223. The molecule has 1 N–H and O–H groups in total. The second kappa shape index (κ2) is 10.1. The fourth-order valence-corrected chi connectivity index (χ4v) is 3.31. The summed E-state index contributed by atoms with van der Waals surface area (Å²) in [6.07, 6.45) is -0.0613. The van der Waals surface area contributed by atoms with Gasteiger partial charge >= 0.3 is 6.01 Å². The van der Waals surface area contributed by atoms with Gasteiger partial charge in [0, 0.05) is 16.8 Å². The lowest BCUT2D eigenvalue weighted by atomic mass is 10.2. The third-order valence-corrected chi connectivity index (χ3v) is 4.98. The molecule has 174 valence electrons. The summed E-state index contributed by atoms with van der Waals surface area (Å²) < 4.78 is 17.9. The number of nitrogens with zero attached hydrogens (tertiary/aromatic N) is 3. The van der Waals surface area contributed by atoms with E-state index < -0.39 is 0 Å². The first-order valence-corrected chi connectivity index (χ1v) is 10.8. The highest BCUT2D eigenvalue weighted by molar-refractivity contribution is 6.04. The number of aromatic nitrogens is 3. The maximum atomic E-state index is 12.6. The average Bonchev–Trinajstić information content (AvgIpc) is 3.27. The number of carbonyl (C=O) groups is 1. The summed E-state index contributed by atoms with van der Waals surface area (Å²) in [5.41, 5.74) is 2.80. The third-order valence-electron chi connectivity index (χ3n) is 4.98. The molecule has 0 aliphatic heterocycles. The highest BCUT2D eigenvalue weighted by Gasteiger charge is 2.16. The van der Waals surface area contributed by atoms with E-state index in [4.69, 9.17) is 14.2 Å². The van der Waals surface area contributed by atoms with Gasteiger partial charge < -0.3 is 19.5 Å². The standard InChI is InChI=1S/C26H26N4O4/c1-17(2)34-26-28-24(18-8-14-22(32-3)15-9-18)30(29-26)21-12-10-20(11-13-21)27-25(31)19-6-5-7-23(16-19)33-4/h5-17H,1-4H3,(H,27,31). The van der Waals surface area contributed by atoms with Crippen LogP contribution in [0, 0.1) is 0 Å². The van der Waals surface area contributed by atoms with Gasteiger partial charge in [-0.15, -0.1) is 5.10 Å². The van der Waals surface area contributed by atoms with Crippen LogP contribution in [0.5, 0.6) is 17.5 Å². The number of amides is 1. The lowest BCUT2D eigenvalue weighted by Gasteiger charge is -2.09. The molecule has 0 radical (unpaired) electrons. The zero-order valence-electron chi connectivity index (χ0n) is 19.5. The van der Waals surface area contributed by atoms with Crippen LogP contribution in [0.15, 0.2) is 72.8 Å². The average molecular weight is 459 g/mol. The molecule has 8 heteroatoms. The van der Waals surface area contributed by atoms with E-state index in [0.29, 0.717) is 22.8 Å². The molecule has 0 saturated carbocycles. The Balaban J connectivity index is 1.60. The summed E-state index contributed by atoms with van der Waals surface area (Å²) in [4.78, 5) is 17.2. The summed E-state index contributed by atoms with van der Waals surface area (Å²) in [7, 11) is 3.19. The summed E-state index contributed by atoms with van der Waals surface area (Å²) in [5.74, 6) is 1.79. The number of rotatable bonds is 8. The van der Waals surface area contributed by atoms with Crippen LogP contribution in [0.1, 0.15) is 24.2 Å². The molecule has 0 atom stereocenters. The van der Waals surface area contributed by atoms with E-state index in [1.807, 2.05) is 62.4 Å². The van der Waals surface area contributed by atoms with Gasteiger partial charge in [0.2, 0.25) is 0 Å². The van der Waals surface area contributed by atoms with Crippen molar-refractivity contribution in [3.8, 4) is 34.6 Å². The van der Waals surface area contributed by atoms with Gasteiger partial charge in [-0.2, -0.15) is 4.98 Å². The summed E-state index contributed by atoms with van der Waals surface area (Å²) in [6.45, 7) is 3.85. The fraction of sp³-hybridized carbons (Fsp3) is 0.192. The first-order chi connectivity index (χ1) is 16.5. The van der Waals surface area contributed by atoms with Crippen molar-refractivity contribution in [2.24, 2.45) is 0 Å². The van der Waals surface area contributed by atoms with Crippen molar-refractivity contribution in [2.45, 2.75) is 20.0 Å². The molecule has 3 aromatic carbocycles. The van der Waals surface area contributed by atoms with Crippen molar-refractivity contribution in [3.05, 3.63) is 78.4 Å². The Morgan fingerprint density at radius 3 is 2.26 bits per heavy atom. The minimum absolute atomic E-state index is 0.0613. The molecular weight excluding hydrogens is 432 g/mol. The Hall–Kier alpha value is -4.33. The van der Waals surface area contributed by atoms with Crippen LogP contribution in [0.25, 0.3) is 17.1 Å². The van der Waals surface area contributed by atoms with Crippen LogP contribution in [0.4, 0.5) is 5.69 Å². The lowest BCUT2D eigenvalue weighted by molar-refractivity contribution is 0.102. The Morgan fingerprint density at radius 1 is 0.912 bits per heavy atom. The molecule has 0 spiro atoms. The second-order valence-corrected chi connectivity index (χ2v) is 7.76. The van der Waals surface area contributed by atoms with E-state index in [1.165, 1.54) is 0 Å². The maximum absolute atomic E-state index is 12.6. The number of carbonyl (C=O) groups excluding carboxylic acids is 1. The van der Waals surface area contributed by atoms with E-state index in [9.17, 15) is 4.79 Å². The first-order valence-electron chi connectivity index (χ1n) is 10.8. The number of methoxy groups -OCH3 is 2. The third kappa shape index (κ3) is 5.17. The fourth-order valence-electron chi connectivity index (χ4n) is 3.31. The smallest absolute Gasteiger partial charge is 0.336 e. The molecule has 0 aliphatic rings. The van der Waals surface area contributed by atoms with Crippen molar-refractivity contribution in [3.63, 3.8) is 0 Å². The van der Waals surface area contributed by atoms with Gasteiger partial charge in [0.05, 0.1) is 26.0 Å². The topological polar surface area (TPSA) is 87.5 Å². The molecule has 0 bridgehead atoms. The molecule has 1 aromatic heterocycles. The van der Waals surface area contributed by atoms with Gasteiger partial charge in [-0.1, -0.05) is 6.07 Å². The zero-order valence-corrected chi connectivity index (χ0v) is 19.5. The van der Waals surface area contributed by atoms with E-state index in [0.717, 1.165) is 17.0 Å². The Labute approximate surface area is 198 Å². The van der Waals surface area contributed by atoms with Gasteiger partial charge in [-0.3, -0.25) is 4.79 Å². The van der Waals surface area contributed by atoms with Crippen LogP contribution >= 0.6 is 0 Å². The monoisotopic (exact) mass is 458 g/mol. The van der Waals surface area contributed by atoms with Crippen molar-refractivity contribution < 1.29 is 19.0 Å². The van der Waals surface area contributed by atoms with Crippen LogP contribution in [-0.2, 0) is 0 Å². The Morgan fingerprint density at radius 2 is 1.62 bits per heavy atom. The van der Waals surface area contributed by atoms with Crippen LogP contribution in [-0.4, -0.2) is 41.0 Å². The minimum Gasteiger partial charge on any atom is -0.497 e. The van der Waals surface area contributed by atoms with Crippen molar-refractivity contribution in [1.82, 2.24) is 14.8 Å². The molecule has 4 aromatic rings. The largest absolute Gasteiger partial charge is 0.497 e. The predicted octanol–water partition coefficient (Wildman–Crippen LogP) is 4.99. The van der Waals surface area contributed by atoms with Crippen LogP contribution in [0.2, 0.25) is 0 Å². The lowest BCUT2D eigenvalue weighted by Crippen LogP contribution is -2.12. The predicted molar refractivity (Wildman–Crippen MR) is 130 cm³/mol. The molecule has 1 amide bonds. The Kier molecular flexibility index (Phi) is 6.77. The number of benzene rings is 3. The number of nitrogens with one attached hydrogen (secondary N) is 1. The zero-order chi connectivity index (χ0) is 24.1. The van der Waals surface area contributed by atoms with E-state index in [2.05, 4.69) is 15.4 Å². The van der Waals surface area contributed by atoms with Crippen LogP contribution < -0.4 is 19.5 Å². The van der Waals surface area contributed by atoms with Gasteiger partial charge in [0.1, 0.15) is 11.5 Å². The normalized spacial score (nSPS) is 10.7. The van der Waals surface area contributed by atoms with Crippen LogP contribution in [0.3, 0.4) is 0 Å². The quantitative estimate of drug-likeness (QED) is 0.400. The summed E-state index contributed by atoms with van der Waals surface area (Å²) >= 11 is 0. The highest BCUT2D eigenvalue weighted by atomic mass is 16.5. The molecule has 0 unspecified atom stereocenters. The number of hydrogen-bond donors (Lipinski definition) is 1. The molecule has 0 saturated heterocycles. The molecule has 1 heterocycles.